The summed E-state index contributed by atoms with van der Waals surface area (Å²) in [6.45, 7) is 15.6. The molecule has 0 fully saturated rings. The summed E-state index contributed by atoms with van der Waals surface area (Å²) in [4.78, 5) is 16.6. The van der Waals surface area contributed by atoms with Gasteiger partial charge in [0.25, 0.3) is 5.82 Å². The second-order valence-electron chi connectivity index (χ2n) is 12.2. The van der Waals surface area contributed by atoms with Crippen LogP contribution in [0.5, 0.6) is 5.75 Å². The number of carbonyl (C=O) groups is 1. The van der Waals surface area contributed by atoms with Gasteiger partial charge in [0.2, 0.25) is 0 Å². The third-order valence-electron chi connectivity index (χ3n) is 6.62. The molecule has 206 valence electrons. The van der Waals surface area contributed by atoms with Gasteiger partial charge in [0.1, 0.15) is 11.4 Å². The quantitative estimate of drug-likeness (QED) is 0.159. The van der Waals surface area contributed by atoms with Gasteiger partial charge in [-0.15, -0.1) is 0 Å². The molecule has 0 unspecified atom stereocenters. The van der Waals surface area contributed by atoms with Crippen molar-refractivity contribution in [2.45, 2.75) is 72.1 Å². The van der Waals surface area contributed by atoms with E-state index < -0.39 is 19.8 Å². The van der Waals surface area contributed by atoms with E-state index in [9.17, 15) is 10.1 Å². The van der Waals surface area contributed by atoms with Crippen molar-refractivity contribution >= 4 is 36.1 Å². The number of hydrogen-bond donors (Lipinski definition) is 1. The third-order valence-corrected chi connectivity index (χ3v) is 8.33. The van der Waals surface area contributed by atoms with Crippen molar-refractivity contribution in [3.63, 3.8) is 0 Å². The number of aromatic nitrogens is 3. The van der Waals surface area contributed by atoms with Crippen LogP contribution in [-0.4, -0.2) is 43.0 Å². The number of H-pyrrole nitrogens is 1. The summed E-state index contributed by atoms with van der Waals surface area (Å²) < 4.78 is 21.3. The summed E-state index contributed by atoms with van der Waals surface area (Å²) in [5.74, 6) is 1.66. The van der Waals surface area contributed by atoms with Crippen LogP contribution in [0.3, 0.4) is 0 Å². The zero-order valence-corrected chi connectivity index (χ0v) is 25.3. The van der Waals surface area contributed by atoms with E-state index in [1.165, 1.54) is 0 Å². The Hall–Kier alpha value is -3.61. The summed E-state index contributed by atoms with van der Waals surface area (Å²) >= 11 is 0. The SMILES string of the molecule is COc1cc(C)c2c(ccn2C(=O)OC(C)(C)C)c1Cc1[nH]c2ccc(C#N)cc2[n+]1COCC[Si](C)(C)C. The lowest BCUT2D eigenvalue weighted by Gasteiger charge is -2.20. The number of hydrogen-bond acceptors (Lipinski definition) is 5. The molecule has 0 saturated heterocycles. The van der Waals surface area contributed by atoms with Gasteiger partial charge in [0.05, 0.1) is 30.7 Å². The van der Waals surface area contributed by atoms with E-state index in [4.69, 9.17) is 14.2 Å². The van der Waals surface area contributed by atoms with Crippen LogP contribution >= 0.6 is 0 Å². The fraction of sp³-hybridized carbons (Fsp3) is 0.433. The maximum atomic E-state index is 13.0. The lowest BCUT2D eigenvalue weighted by molar-refractivity contribution is -0.715. The first-order valence-electron chi connectivity index (χ1n) is 13.2. The smallest absolute Gasteiger partial charge is 0.419 e. The molecule has 39 heavy (non-hydrogen) atoms. The molecule has 9 heteroatoms. The third kappa shape index (κ3) is 6.35. The Balaban J connectivity index is 1.79. The number of aryl methyl sites for hydroxylation is 1. The molecule has 4 rings (SSSR count). The molecule has 0 saturated carbocycles. The molecule has 0 amide bonds. The van der Waals surface area contributed by atoms with Crippen LogP contribution in [0.2, 0.25) is 25.7 Å². The number of imidazole rings is 1. The number of aromatic amines is 1. The van der Waals surface area contributed by atoms with Gasteiger partial charge in [-0.3, -0.25) is 4.57 Å². The van der Waals surface area contributed by atoms with Crippen LogP contribution in [0.25, 0.3) is 21.9 Å². The molecule has 2 aromatic carbocycles. The predicted octanol–water partition coefficient (Wildman–Crippen LogP) is 6.29. The summed E-state index contributed by atoms with van der Waals surface area (Å²) in [5, 5.41) is 10.4. The largest absolute Gasteiger partial charge is 0.496 e. The van der Waals surface area contributed by atoms with Crippen LogP contribution in [0, 0.1) is 18.3 Å². The predicted molar refractivity (Wildman–Crippen MR) is 155 cm³/mol. The molecule has 1 N–H and O–H groups in total. The number of nitrogens with zero attached hydrogens (tertiary/aromatic N) is 3. The summed E-state index contributed by atoms with van der Waals surface area (Å²) in [6, 6.07) is 12.8. The fourth-order valence-electron chi connectivity index (χ4n) is 4.68. The van der Waals surface area contributed by atoms with Crippen LogP contribution < -0.4 is 9.30 Å². The van der Waals surface area contributed by atoms with Gasteiger partial charge in [-0.25, -0.2) is 14.3 Å². The van der Waals surface area contributed by atoms with E-state index in [0.29, 0.717) is 25.3 Å². The molecule has 8 nitrogen and oxygen atoms in total. The molecule has 0 atom stereocenters. The highest BCUT2D eigenvalue weighted by molar-refractivity contribution is 6.76. The molecular formula is C30H39N4O4Si+. The number of nitriles is 1. The van der Waals surface area contributed by atoms with E-state index in [1.807, 2.05) is 58.0 Å². The number of rotatable bonds is 8. The second-order valence-corrected chi connectivity index (χ2v) is 17.8. The Morgan fingerprint density at radius 1 is 1.18 bits per heavy atom. The average Bonchev–Trinajstić information content (AvgIpc) is 3.43. The Morgan fingerprint density at radius 2 is 1.92 bits per heavy atom. The molecule has 2 aromatic heterocycles. The van der Waals surface area contributed by atoms with Crippen molar-refractivity contribution in [2.24, 2.45) is 0 Å². The van der Waals surface area contributed by atoms with E-state index in [0.717, 1.165) is 50.7 Å². The Bertz CT molecular complexity index is 1560. The molecule has 0 spiro atoms. The zero-order valence-electron chi connectivity index (χ0n) is 24.3. The number of benzene rings is 2. The zero-order chi connectivity index (χ0) is 28.5. The van der Waals surface area contributed by atoms with Crippen molar-refractivity contribution in [2.75, 3.05) is 13.7 Å². The lowest BCUT2D eigenvalue weighted by Crippen LogP contribution is -2.39. The molecule has 2 heterocycles. The highest BCUT2D eigenvalue weighted by atomic mass is 28.3. The number of methoxy groups -OCH3 is 1. The molecule has 0 aliphatic carbocycles. The van der Waals surface area contributed by atoms with Crippen LogP contribution in [0.1, 0.15) is 43.3 Å². The van der Waals surface area contributed by atoms with Crippen molar-refractivity contribution < 1.29 is 23.6 Å². The second kappa shape index (κ2) is 10.9. The molecule has 0 radical (unpaired) electrons. The standard InChI is InChI=1S/C30H38N4O4Si/c1-20-15-26(36-5)23(22-11-12-33(28(20)22)29(35)38-30(2,3)4)17-27-32-24-10-9-21(18-31)16-25(24)34(27)19-37-13-14-39(6,7)8/h9-12,15-16H,13-14,17,19H2,1-8H3/p+1. The highest BCUT2D eigenvalue weighted by Gasteiger charge is 2.26. The number of ether oxygens (including phenoxy) is 3. The highest BCUT2D eigenvalue weighted by Crippen LogP contribution is 2.34. The monoisotopic (exact) mass is 547 g/mol. The number of nitrogens with one attached hydrogen (secondary N) is 1. The van der Waals surface area contributed by atoms with E-state index in [2.05, 4.69) is 35.3 Å². The Kier molecular flexibility index (Phi) is 7.91. The molecular weight excluding hydrogens is 508 g/mol. The summed E-state index contributed by atoms with van der Waals surface area (Å²) in [5.41, 5.74) is 4.47. The molecule has 4 aromatic rings. The Morgan fingerprint density at radius 3 is 2.56 bits per heavy atom. The minimum Gasteiger partial charge on any atom is -0.496 e. The molecule has 0 aliphatic rings. The van der Waals surface area contributed by atoms with E-state index >= 15 is 0 Å². The van der Waals surface area contributed by atoms with Gasteiger partial charge in [0, 0.05) is 37.9 Å². The van der Waals surface area contributed by atoms with Crippen LogP contribution in [0.15, 0.2) is 36.5 Å². The minimum atomic E-state index is -1.23. The minimum absolute atomic E-state index is 0.366. The van der Waals surface area contributed by atoms with Gasteiger partial charge in [-0.1, -0.05) is 19.6 Å². The van der Waals surface area contributed by atoms with Crippen LogP contribution in [-0.2, 0) is 22.6 Å². The lowest BCUT2D eigenvalue weighted by atomic mass is 10.0. The van der Waals surface area contributed by atoms with Gasteiger partial charge in [0.15, 0.2) is 17.8 Å². The van der Waals surface area contributed by atoms with E-state index in [1.54, 1.807) is 17.9 Å². The van der Waals surface area contributed by atoms with Crippen molar-refractivity contribution in [3.8, 4) is 11.8 Å². The topological polar surface area (TPSA) is 93.1 Å². The summed E-state index contributed by atoms with van der Waals surface area (Å²) in [7, 11) is 0.425. The van der Waals surface area contributed by atoms with Crippen LogP contribution in [0.4, 0.5) is 4.79 Å². The maximum absolute atomic E-state index is 13.0. The summed E-state index contributed by atoms with van der Waals surface area (Å²) in [6.07, 6.45) is 1.84. The average molecular weight is 548 g/mol. The van der Waals surface area contributed by atoms with Gasteiger partial charge < -0.3 is 14.2 Å². The first kappa shape index (κ1) is 28.4. The first-order valence-corrected chi connectivity index (χ1v) is 16.9. The van der Waals surface area contributed by atoms with Crippen molar-refractivity contribution in [1.29, 1.82) is 5.26 Å². The maximum Gasteiger partial charge on any atom is 0.419 e. The van der Waals surface area contributed by atoms with Crippen molar-refractivity contribution in [3.05, 3.63) is 59.0 Å². The number of carbonyl (C=O) groups excluding carboxylic acids is 1. The fourth-order valence-corrected chi connectivity index (χ4v) is 5.43. The van der Waals surface area contributed by atoms with Crippen molar-refractivity contribution in [1.82, 2.24) is 9.55 Å². The van der Waals surface area contributed by atoms with Gasteiger partial charge in [-0.05, 0) is 63.6 Å². The van der Waals surface area contributed by atoms with Gasteiger partial charge in [-0.2, -0.15) is 5.26 Å². The van der Waals surface area contributed by atoms with E-state index in [-0.39, 0.29) is 0 Å². The molecule has 0 bridgehead atoms. The molecule has 0 aliphatic heterocycles. The van der Waals surface area contributed by atoms with Gasteiger partial charge >= 0.3 is 6.09 Å². The first-order chi connectivity index (χ1) is 18.3. The number of fused-ring (bicyclic) bond motifs is 2. The Labute approximate surface area is 231 Å². The normalized spacial score (nSPS) is 12.2.